The third kappa shape index (κ3) is 4.89. The maximum atomic E-state index is 13.2. The Balaban J connectivity index is 1.57. The van der Waals surface area contributed by atoms with Gasteiger partial charge in [0.05, 0.1) is 17.2 Å². The van der Waals surface area contributed by atoms with Gasteiger partial charge >= 0.3 is 18.4 Å². The minimum absolute atomic E-state index is 0.0219. The van der Waals surface area contributed by atoms with Gasteiger partial charge in [-0.3, -0.25) is 4.79 Å². The van der Waals surface area contributed by atoms with Crippen molar-refractivity contribution >= 4 is 22.8 Å². The molecule has 3 aromatic carbocycles. The number of cyclic esters (lactones) is 1. The van der Waals surface area contributed by atoms with E-state index in [2.05, 4.69) is 0 Å². The van der Waals surface area contributed by atoms with Crippen molar-refractivity contribution < 1.29 is 45.4 Å². The first-order valence-corrected chi connectivity index (χ1v) is 10.3. The molecule has 35 heavy (non-hydrogen) atoms. The van der Waals surface area contributed by atoms with Gasteiger partial charge in [-0.25, -0.2) is 9.69 Å². The number of nitrogens with zero attached hydrogens (tertiary/aromatic N) is 1. The smallest absolute Gasteiger partial charge is 0.417 e. The standard InChI is InChI=1S/C24H17F6NO4/c1-13-21(15-9-16(23(25,26)27)11-17(10-15)24(28,29)30)35-22(33)31(13)20(32)12-34-19-8-4-6-14-5-2-3-7-18(14)19/h2-11,13,21H,12H2,1H3/t13-,21-/m0/s1. The Morgan fingerprint density at radius 1 is 0.943 bits per heavy atom. The fourth-order valence-electron chi connectivity index (χ4n) is 3.91. The Hall–Kier alpha value is -3.76. The van der Waals surface area contributed by atoms with Crippen molar-refractivity contribution in [3.8, 4) is 5.75 Å². The van der Waals surface area contributed by atoms with Gasteiger partial charge < -0.3 is 9.47 Å². The highest BCUT2D eigenvalue weighted by Gasteiger charge is 2.45. The van der Waals surface area contributed by atoms with Crippen LogP contribution in [-0.4, -0.2) is 29.5 Å². The number of amides is 2. The van der Waals surface area contributed by atoms with Crippen LogP contribution in [0.3, 0.4) is 0 Å². The summed E-state index contributed by atoms with van der Waals surface area (Å²) in [7, 11) is 0. The monoisotopic (exact) mass is 497 g/mol. The van der Waals surface area contributed by atoms with Crippen molar-refractivity contribution in [2.24, 2.45) is 0 Å². The normalized spacial score (nSPS) is 18.6. The Morgan fingerprint density at radius 3 is 2.17 bits per heavy atom. The minimum Gasteiger partial charge on any atom is -0.483 e. The van der Waals surface area contributed by atoms with Gasteiger partial charge in [-0.15, -0.1) is 0 Å². The zero-order valence-electron chi connectivity index (χ0n) is 18.0. The SMILES string of the molecule is C[C@H]1[C@@H](c2cc(C(F)(F)F)cc(C(F)(F)F)c2)OC(=O)N1C(=O)COc1cccc2ccccc12. The van der Waals surface area contributed by atoms with Crippen molar-refractivity contribution in [3.63, 3.8) is 0 Å². The van der Waals surface area contributed by atoms with E-state index in [1.54, 1.807) is 24.3 Å². The van der Waals surface area contributed by atoms with Gasteiger partial charge in [0.25, 0.3) is 5.91 Å². The van der Waals surface area contributed by atoms with Crippen LogP contribution in [0.4, 0.5) is 31.1 Å². The molecule has 2 atom stereocenters. The van der Waals surface area contributed by atoms with Crippen LogP contribution in [-0.2, 0) is 21.9 Å². The van der Waals surface area contributed by atoms with Crippen molar-refractivity contribution in [3.05, 3.63) is 77.4 Å². The van der Waals surface area contributed by atoms with E-state index in [9.17, 15) is 35.9 Å². The van der Waals surface area contributed by atoms with Crippen LogP contribution in [0.2, 0.25) is 0 Å². The van der Waals surface area contributed by atoms with Crippen molar-refractivity contribution in [1.82, 2.24) is 4.90 Å². The van der Waals surface area contributed by atoms with Crippen LogP contribution in [0.25, 0.3) is 10.8 Å². The van der Waals surface area contributed by atoms with E-state index in [4.69, 9.17) is 9.47 Å². The lowest BCUT2D eigenvalue weighted by atomic mass is 9.97. The van der Waals surface area contributed by atoms with Gasteiger partial charge in [-0.2, -0.15) is 26.3 Å². The molecule has 5 nitrogen and oxygen atoms in total. The first-order chi connectivity index (χ1) is 16.4. The number of imide groups is 1. The average molecular weight is 497 g/mol. The second-order valence-electron chi connectivity index (χ2n) is 7.91. The van der Waals surface area contributed by atoms with E-state index < -0.39 is 59.8 Å². The Labute approximate surface area is 194 Å². The summed E-state index contributed by atoms with van der Waals surface area (Å²) in [5.74, 6) is -0.498. The van der Waals surface area contributed by atoms with Gasteiger partial charge in [0.15, 0.2) is 6.61 Å². The van der Waals surface area contributed by atoms with Gasteiger partial charge in [-0.1, -0.05) is 36.4 Å². The summed E-state index contributed by atoms with van der Waals surface area (Å²) in [6.45, 7) is 0.690. The van der Waals surface area contributed by atoms with Crippen molar-refractivity contribution in [1.29, 1.82) is 0 Å². The highest BCUT2D eigenvalue weighted by molar-refractivity contribution is 5.95. The maximum Gasteiger partial charge on any atom is 0.417 e. The molecule has 1 fully saturated rings. The molecule has 0 radical (unpaired) electrons. The van der Waals surface area contributed by atoms with E-state index in [0.717, 1.165) is 5.39 Å². The van der Waals surface area contributed by atoms with E-state index in [-0.39, 0.29) is 6.07 Å². The summed E-state index contributed by atoms with van der Waals surface area (Å²) in [4.78, 5) is 25.8. The summed E-state index contributed by atoms with van der Waals surface area (Å²) in [6, 6.07) is 12.1. The summed E-state index contributed by atoms with van der Waals surface area (Å²) in [6.07, 6.45) is -12.9. The molecule has 0 aliphatic carbocycles. The molecule has 0 spiro atoms. The quantitative estimate of drug-likeness (QED) is 0.394. The molecular formula is C24H17F6NO4. The molecule has 0 unspecified atom stereocenters. The number of alkyl halides is 6. The molecule has 1 aliphatic heterocycles. The molecule has 1 aliphatic rings. The van der Waals surface area contributed by atoms with Crippen LogP contribution >= 0.6 is 0 Å². The van der Waals surface area contributed by atoms with Crippen molar-refractivity contribution in [2.45, 2.75) is 31.4 Å². The number of rotatable bonds is 4. The van der Waals surface area contributed by atoms with Gasteiger partial charge in [0, 0.05) is 5.39 Å². The maximum absolute atomic E-state index is 13.2. The molecule has 2 amide bonds. The summed E-state index contributed by atoms with van der Waals surface area (Å²) in [5.41, 5.74) is -3.62. The number of carbonyl (C=O) groups excluding carboxylic acids is 2. The van der Waals surface area contributed by atoms with Crippen LogP contribution in [0.15, 0.2) is 60.7 Å². The lowest BCUT2D eigenvalue weighted by Gasteiger charge is -2.21. The largest absolute Gasteiger partial charge is 0.483 e. The molecule has 184 valence electrons. The second kappa shape index (κ2) is 8.79. The summed E-state index contributed by atoms with van der Waals surface area (Å²) >= 11 is 0. The molecule has 11 heteroatoms. The Morgan fingerprint density at radius 2 is 1.54 bits per heavy atom. The predicted octanol–water partition coefficient (Wildman–Crippen LogP) is 6.36. The summed E-state index contributed by atoms with van der Waals surface area (Å²) in [5, 5.41) is 1.55. The fraction of sp³-hybridized carbons (Fsp3) is 0.250. The van der Waals surface area contributed by atoms with E-state index in [1.807, 2.05) is 18.2 Å². The van der Waals surface area contributed by atoms with Crippen LogP contribution in [0.5, 0.6) is 5.75 Å². The van der Waals surface area contributed by atoms with Gasteiger partial charge in [0.2, 0.25) is 0 Å². The molecule has 0 N–H and O–H groups in total. The number of hydrogen-bond acceptors (Lipinski definition) is 4. The van der Waals surface area contributed by atoms with Crippen molar-refractivity contribution in [2.75, 3.05) is 6.61 Å². The van der Waals surface area contributed by atoms with E-state index in [1.165, 1.54) is 6.92 Å². The van der Waals surface area contributed by atoms with Crippen LogP contribution in [0.1, 0.15) is 29.7 Å². The lowest BCUT2D eigenvalue weighted by Crippen LogP contribution is -2.40. The van der Waals surface area contributed by atoms with E-state index >= 15 is 0 Å². The molecule has 4 rings (SSSR count). The number of fused-ring (bicyclic) bond motifs is 1. The molecule has 1 saturated heterocycles. The minimum atomic E-state index is -5.07. The highest BCUT2D eigenvalue weighted by Crippen LogP contribution is 2.40. The molecule has 0 aromatic heterocycles. The highest BCUT2D eigenvalue weighted by atomic mass is 19.4. The van der Waals surface area contributed by atoms with Crippen LogP contribution < -0.4 is 4.74 Å². The third-order valence-corrected chi connectivity index (χ3v) is 5.58. The van der Waals surface area contributed by atoms with Gasteiger partial charge in [-0.05, 0) is 42.1 Å². The molecule has 0 saturated carbocycles. The molecule has 1 heterocycles. The topological polar surface area (TPSA) is 55.8 Å². The fourth-order valence-corrected chi connectivity index (χ4v) is 3.91. The van der Waals surface area contributed by atoms with Crippen LogP contribution in [0, 0.1) is 0 Å². The number of hydrogen-bond donors (Lipinski definition) is 0. The first-order valence-electron chi connectivity index (χ1n) is 10.3. The zero-order chi connectivity index (χ0) is 25.5. The average Bonchev–Trinajstić information content (AvgIpc) is 3.09. The Kier molecular flexibility index (Phi) is 6.12. The summed E-state index contributed by atoms with van der Waals surface area (Å²) < 4.78 is 89.9. The second-order valence-corrected chi connectivity index (χ2v) is 7.91. The predicted molar refractivity (Wildman–Crippen MR) is 111 cm³/mol. The number of benzene rings is 3. The molecule has 0 bridgehead atoms. The molecule has 3 aromatic rings. The van der Waals surface area contributed by atoms with Gasteiger partial charge in [0.1, 0.15) is 11.9 Å². The number of ether oxygens (including phenoxy) is 2. The van der Waals surface area contributed by atoms with E-state index in [0.29, 0.717) is 28.2 Å². The number of carbonyl (C=O) groups is 2. The lowest BCUT2D eigenvalue weighted by molar-refractivity contribution is -0.143. The zero-order valence-corrected chi connectivity index (χ0v) is 18.0. The first kappa shape index (κ1) is 24.4. The third-order valence-electron chi connectivity index (χ3n) is 5.58. The number of halogens is 6. The molecular weight excluding hydrogens is 480 g/mol. The Bertz CT molecular complexity index is 1250.